The van der Waals surface area contributed by atoms with E-state index in [1.165, 1.54) is 0 Å². The van der Waals surface area contributed by atoms with Gasteiger partial charge in [0.15, 0.2) is 11.5 Å². The normalized spacial score (nSPS) is 27.9. The van der Waals surface area contributed by atoms with Crippen molar-refractivity contribution in [1.82, 2.24) is 10.2 Å². The molecule has 1 aromatic rings. The molecular weight excluding hydrogens is 304 g/mol. The minimum absolute atomic E-state index is 0.293. The van der Waals surface area contributed by atoms with E-state index in [0.29, 0.717) is 12.0 Å². The number of likely N-dealkylation sites (tertiary alicyclic amines) is 1. The van der Waals surface area contributed by atoms with E-state index >= 15 is 0 Å². The van der Waals surface area contributed by atoms with Gasteiger partial charge in [-0.15, -0.1) is 0 Å². The molecule has 0 bridgehead atoms. The zero-order valence-electron chi connectivity index (χ0n) is 15.6. The van der Waals surface area contributed by atoms with Gasteiger partial charge in [-0.05, 0) is 57.0 Å². The third-order valence-corrected chi connectivity index (χ3v) is 5.39. The second kappa shape index (κ2) is 8.19. The molecule has 24 heavy (non-hydrogen) atoms. The molecule has 0 amide bonds. The van der Waals surface area contributed by atoms with E-state index in [0.717, 1.165) is 49.5 Å². The topological polar surface area (TPSA) is 54.0 Å². The fraction of sp³-hybridized carbons (Fsp3) is 0.684. The van der Waals surface area contributed by atoms with Crippen LogP contribution >= 0.6 is 0 Å². The van der Waals surface area contributed by atoms with Crippen molar-refractivity contribution < 1.29 is 14.6 Å². The van der Waals surface area contributed by atoms with Crippen LogP contribution in [0.3, 0.4) is 0 Å². The van der Waals surface area contributed by atoms with E-state index in [-0.39, 0.29) is 0 Å². The summed E-state index contributed by atoms with van der Waals surface area (Å²) in [5, 5.41) is 14.4. The third kappa shape index (κ3) is 4.41. The van der Waals surface area contributed by atoms with Crippen LogP contribution in [0.4, 0.5) is 0 Å². The van der Waals surface area contributed by atoms with Crippen molar-refractivity contribution in [3.63, 3.8) is 0 Å². The highest BCUT2D eigenvalue weighted by Crippen LogP contribution is 2.33. The summed E-state index contributed by atoms with van der Waals surface area (Å²) in [6.45, 7) is 6.84. The molecule has 1 heterocycles. The van der Waals surface area contributed by atoms with Gasteiger partial charge in [0.05, 0.1) is 19.8 Å². The number of nitrogens with one attached hydrogen (secondary N) is 1. The lowest BCUT2D eigenvalue weighted by molar-refractivity contribution is -0.0831. The first-order valence-electron chi connectivity index (χ1n) is 8.74. The largest absolute Gasteiger partial charge is 0.493 e. The molecule has 136 valence electrons. The minimum Gasteiger partial charge on any atom is -0.493 e. The van der Waals surface area contributed by atoms with Crippen LogP contribution in [0.25, 0.3) is 0 Å². The van der Waals surface area contributed by atoms with Crippen molar-refractivity contribution in [1.29, 1.82) is 0 Å². The second-order valence-corrected chi connectivity index (χ2v) is 7.11. The summed E-state index contributed by atoms with van der Waals surface area (Å²) in [4.78, 5) is 2.33. The van der Waals surface area contributed by atoms with Gasteiger partial charge in [-0.25, -0.2) is 0 Å². The number of piperidine rings is 1. The Labute approximate surface area is 146 Å². The van der Waals surface area contributed by atoms with Crippen LogP contribution < -0.4 is 14.8 Å². The van der Waals surface area contributed by atoms with Crippen molar-refractivity contribution in [2.75, 3.05) is 34.4 Å². The van der Waals surface area contributed by atoms with E-state index in [1.807, 2.05) is 18.2 Å². The van der Waals surface area contributed by atoms with E-state index in [2.05, 4.69) is 31.1 Å². The first-order chi connectivity index (χ1) is 11.4. The van der Waals surface area contributed by atoms with Crippen molar-refractivity contribution in [2.24, 2.45) is 5.92 Å². The molecule has 2 N–H and O–H groups in total. The lowest BCUT2D eigenvalue weighted by Gasteiger charge is -2.46. The Morgan fingerprint density at radius 1 is 1.25 bits per heavy atom. The van der Waals surface area contributed by atoms with Crippen LogP contribution in [0, 0.1) is 5.92 Å². The third-order valence-electron chi connectivity index (χ3n) is 5.39. The molecule has 1 saturated heterocycles. The van der Waals surface area contributed by atoms with Crippen LogP contribution in [0.5, 0.6) is 11.5 Å². The fourth-order valence-corrected chi connectivity index (χ4v) is 3.53. The van der Waals surface area contributed by atoms with Gasteiger partial charge in [-0.3, -0.25) is 0 Å². The van der Waals surface area contributed by atoms with E-state index in [4.69, 9.17) is 9.47 Å². The fourth-order valence-electron chi connectivity index (χ4n) is 3.53. The van der Waals surface area contributed by atoms with Crippen LogP contribution in [0.15, 0.2) is 18.2 Å². The highest BCUT2D eigenvalue weighted by Gasteiger charge is 2.40. The maximum absolute atomic E-state index is 11.0. The van der Waals surface area contributed by atoms with Crippen LogP contribution in [0.1, 0.15) is 32.3 Å². The molecule has 1 aliphatic rings. The zero-order chi connectivity index (χ0) is 17.7. The first kappa shape index (κ1) is 19.0. The monoisotopic (exact) mass is 336 g/mol. The Bertz CT molecular complexity index is 537. The predicted molar refractivity (Wildman–Crippen MR) is 96.7 cm³/mol. The Hall–Kier alpha value is -1.30. The number of rotatable bonds is 7. The molecule has 0 aromatic heterocycles. The molecule has 0 aliphatic carbocycles. The highest BCUT2D eigenvalue weighted by atomic mass is 16.5. The summed E-state index contributed by atoms with van der Waals surface area (Å²) in [7, 11) is 5.42. The second-order valence-electron chi connectivity index (χ2n) is 7.11. The summed E-state index contributed by atoms with van der Waals surface area (Å²) >= 11 is 0. The molecule has 3 atom stereocenters. The molecule has 1 aromatic carbocycles. The number of ether oxygens (including phenoxy) is 2. The van der Waals surface area contributed by atoms with Crippen LogP contribution in [-0.2, 0) is 6.54 Å². The Morgan fingerprint density at radius 3 is 2.62 bits per heavy atom. The number of hydrogen-bond donors (Lipinski definition) is 2. The van der Waals surface area contributed by atoms with E-state index < -0.39 is 5.60 Å². The predicted octanol–water partition coefficient (Wildman–Crippen LogP) is 2.27. The average molecular weight is 336 g/mol. The Morgan fingerprint density at radius 2 is 1.96 bits per heavy atom. The molecular formula is C19H32N2O3. The summed E-state index contributed by atoms with van der Waals surface area (Å²) in [5.74, 6) is 1.78. The van der Waals surface area contributed by atoms with Gasteiger partial charge in [-0.1, -0.05) is 13.0 Å². The molecule has 5 nitrogen and oxygen atoms in total. The van der Waals surface area contributed by atoms with E-state index in [1.54, 1.807) is 14.2 Å². The van der Waals surface area contributed by atoms with Crippen molar-refractivity contribution in [3.05, 3.63) is 23.8 Å². The smallest absolute Gasteiger partial charge is 0.161 e. The number of benzene rings is 1. The van der Waals surface area contributed by atoms with Crippen LogP contribution in [-0.4, -0.2) is 56.0 Å². The Balaban J connectivity index is 1.84. The molecule has 0 unspecified atom stereocenters. The molecule has 2 rings (SSSR count). The summed E-state index contributed by atoms with van der Waals surface area (Å²) in [6.07, 6.45) is 1.61. The van der Waals surface area contributed by atoms with Gasteiger partial charge < -0.3 is 24.8 Å². The van der Waals surface area contributed by atoms with Crippen LogP contribution in [0.2, 0.25) is 0 Å². The van der Waals surface area contributed by atoms with Crippen molar-refractivity contribution >= 4 is 0 Å². The van der Waals surface area contributed by atoms with Gasteiger partial charge in [0.2, 0.25) is 0 Å². The molecule has 0 saturated carbocycles. The van der Waals surface area contributed by atoms with Gasteiger partial charge in [0, 0.05) is 19.1 Å². The quantitative estimate of drug-likeness (QED) is 0.748. The minimum atomic E-state index is -0.573. The maximum atomic E-state index is 11.0. The lowest BCUT2D eigenvalue weighted by Crippen LogP contribution is -2.54. The summed E-state index contributed by atoms with van der Waals surface area (Å²) in [6, 6.07) is 6.37. The van der Waals surface area contributed by atoms with E-state index in [9.17, 15) is 5.11 Å². The number of methoxy groups -OCH3 is 2. The standard InChI is InChI=1S/C19H32N2O3/c1-14-13-21(3)15(2)11-19(14,22)8-9-20-12-16-6-7-17(23-4)18(10-16)24-5/h6-7,10,14-15,20,22H,8-9,11-13H2,1-5H3/t14-,15-,19-/m1/s1. The molecule has 1 aliphatic heterocycles. The average Bonchev–Trinajstić information content (AvgIpc) is 2.57. The SMILES string of the molecule is COc1ccc(CNCC[C@@]2(O)C[C@@H](C)N(C)C[C@H]2C)cc1OC. The number of nitrogens with zero attached hydrogens (tertiary/aromatic N) is 1. The summed E-state index contributed by atoms with van der Waals surface area (Å²) in [5.41, 5.74) is 0.570. The molecule has 5 heteroatoms. The molecule has 1 fully saturated rings. The van der Waals surface area contributed by atoms with Gasteiger partial charge in [0.25, 0.3) is 0 Å². The highest BCUT2D eigenvalue weighted by molar-refractivity contribution is 5.42. The molecule has 0 spiro atoms. The first-order valence-corrected chi connectivity index (χ1v) is 8.74. The van der Waals surface area contributed by atoms with Gasteiger partial charge in [0.1, 0.15) is 0 Å². The van der Waals surface area contributed by atoms with Gasteiger partial charge in [-0.2, -0.15) is 0 Å². The summed E-state index contributed by atoms with van der Waals surface area (Å²) < 4.78 is 10.6. The van der Waals surface area contributed by atoms with Crippen molar-refractivity contribution in [3.8, 4) is 11.5 Å². The number of hydrogen-bond acceptors (Lipinski definition) is 5. The van der Waals surface area contributed by atoms with Gasteiger partial charge >= 0.3 is 0 Å². The lowest BCUT2D eigenvalue weighted by atomic mass is 9.77. The zero-order valence-corrected chi connectivity index (χ0v) is 15.6. The molecule has 0 radical (unpaired) electrons. The Kier molecular flexibility index (Phi) is 6.49. The maximum Gasteiger partial charge on any atom is 0.161 e. The number of aliphatic hydroxyl groups is 1. The van der Waals surface area contributed by atoms with Crippen molar-refractivity contribution in [2.45, 2.75) is 44.9 Å².